The number of carboxylic acid groups (broad SMARTS) is 1. The van der Waals surface area contributed by atoms with Gasteiger partial charge in [-0.05, 0) is 18.1 Å². The number of carbonyl (C=O) groups is 2. The van der Waals surface area contributed by atoms with E-state index in [0.717, 1.165) is 5.56 Å². The first-order chi connectivity index (χ1) is 8.58. The molecule has 1 fully saturated rings. The Kier molecular flexibility index (Phi) is 5.63. The van der Waals surface area contributed by atoms with Gasteiger partial charge in [0, 0.05) is 18.1 Å². The fourth-order valence-electron chi connectivity index (χ4n) is 2.10. The minimum Gasteiger partial charge on any atom is -0.481 e. The number of carbonyl (C=O) groups excluding carboxylic acids is 1. The number of likely N-dealkylation sites (tertiary alicyclic amines) is 1. The second-order valence-electron chi connectivity index (χ2n) is 4.43. The van der Waals surface area contributed by atoms with E-state index in [2.05, 4.69) is 0 Å². The molecule has 0 spiro atoms. The van der Waals surface area contributed by atoms with Gasteiger partial charge in [0.15, 0.2) is 0 Å². The fourth-order valence-corrected chi connectivity index (χ4v) is 2.31. The summed E-state index contributed by atoms with van der Waals surface area (Å²) in [5, 5.41) is 9.46. The molecular formula is C13H15Cl2NO3. The largest absolute Gasteiger partial charge is 0.481 e. The summed E-state index contributed by atoms with van der Waals surface area (Å²) < 4.78 is 0. The molecule has 1 unspecified atom stereocenters. The molecule has 104 valence electrons. The number of amides is 1. The Morgan fingerprint density at radius 1 is 1.37 bits per heavy atom. The predicted octanol–water partition coefficient (Wildman–Crippen LogP) is 2.24. The maximum atomic E-state index is 12.0. The molecule has 0 radical (unpaired) electrons. The summed E-state index contributed by atoms with van der Waals surface area (Å²) in [5.74, 6) is -1.32. The molecule has 0 bridgehead atoms. The number of hydrogen-bond acceptors (Lipinski definition) is 2. The average molecular weight is 304 g/mol. The van der Waals surface area contributed by atoms with Crippen LogP contribution < -0.4 is 0 Å². The lowest BCUT2D eigenvalue weighted by Crippen LogP contribution is -2.31. The van der Waals surface area contributed by atoms with Crippen LogP contribution >= 0.6 is 24.0 Å². The minimum atomic E-state index is -0.831. The van der Waals surface area contributed by atoms with Crippen molar-refractivity contribution in [2.45, 2.75) is 12.8 Å². The highest BCUT2D eigenvalue weighted by molar-refractivity contribution is 6.31. The molecule has 1 heterocycles. The van der Waals surface area contributed by atoms with Crippen LogP contribution in [0, 0.1) is 5.92 Å². The van der Waals surface area contributed by atoms with Crippen molar-refractivity contribution < 1.29 is 14.7 Å². The lowest BCUT2D eigenvalue weighted by atomic mass is 10.1. The molecule has 1 amide bonds. The van der Waals surface area contributed by atoms with Crippen LogP contribution in [0.2, 0.25) is 5.02 Å². The summed E-state index contributed by atoms with van der Waals surface area (Å²) in [6.45, 7) is 0.818. The second-order valence-corrected chi connectivity index (χ2v) is 4.84. The molecule has 1 aromatic carbocycles. The van der Waals surface area contributed by atoms with Crippen LogP contribution in [0.1, 0.15) is 12.0 Å². The molecule has 1 aliphatic heterocycles. The van der Waals surface area contributed by atoms with Crippen molar-refractivity contribution in [2.24, 2.45) is 5.92 Å². The van der Waals surface area contributed by atoms with Gasteiger partial charge < -0.3 is 10.0 Å². The van der Waals surface area contributed by atoms with E-state index in [9.17, 15) is 9.59 Å². The summed E-state index contributed by atoms with van der Waals surface area (Å²) in [4.78, 5) is 24.4. The smallest absolute Gasteiger partial charge is 0.308 e. The van der Waals surface area contributed by atoms with Gasteiger partial charge in [0.05, 0.1) is 12.3 Å². The summed E-state index contributed by atoms with van der Waals surface area (Å²) in [6.07, 6.45) is 0.760. The Bertz CT molecular complexity index is 479. The highest BCUT2D eigenvalue weighted by atomic mass is 35.5. The Labute approximate surface area is 122 Å². The molecule has 0 aliphatic carbocycles. The van der Waals surface area contributed by atoms with E-state index in [4.69, 9.17) is 16.7 Å². The Hall–Kier alpha value is -1.26. The van der Waals surface area contributed by atoms with Crippen LogP contribution in [-0.2, 0) is 16.0 Å². The highest BCUT2D eigenvalue weighted by Gasteiger charge is 2.30. The van der Waals surface area contributed by atoms with Gasteiger partial charge in [-0.1, -0.05) is 29.8 Å². The number of nitrogens with zero attached hydrogens (tertiary/aromatic N) is 1. The monoisotopic (exact) mass is 303 g/mol. The third kappa shape index (κ3) is 3.85. The van der Waals surface area contributed by atoms with Crippen LogP contribution in [-0.4, -0.2) is 35.0 Å². The van der Waals surface area contributed by atoms with E-state index >= 15 is 0 Å². The zero-order valence-corrected chi connectivity index (χ0v) is 11.8. The number of halogens is 2. The molecule has 2 rings (SSSR count). The molecule has 1 aliphatic rings. The molecule has 6 heteroatoms. The van der Waals surface area contributed by atoms with Crippen molar-refractivity contribution in [3.8, 4) is 0 Å². The van der Waals surface area contributed by atoms with Gasteiger partial charge in [0.25, 0.3) is 0 Å². The zero-order valence-electron chi connectivity index (χ0n) is 10.2. The van der Waals surface area contributed by atoms with E-state index in [-0.39, 0.29) is 24.7 Å². The van der Waals surface area contributed by atoms with Crippen molar-refractivity contribution in [2.75, 3.05) is 13.1 Å². The first-order valence-corrected chi connectivity index (χ1v) is 6.19. The maximum Gasteiger partial charge on any atom is 0.308 e. The van der Waals surface area contributed by atoms with Crippen LogP contribution in [0.25, 0.3) is 0 Å². The third-order valence-corrected chi connectivity index (χ3v) is 3.56. The third-order valence-electron chi connectivity index (χ3n) is 3.19. The van der Waals surface area contributed by atoms with E-state index in [1.54, 1.807) is 11.0 Å². The molecule has 19 heavy (non-hydrogen) atoms. The minimum absolute atomic E-state index is 0. The van der Waals surface area contributed by atoms with Gasteiger partial charge in [-0.25, -0.2) is 0 Å². The second kappa shape index (κ2) is 6.78. The van der Waals surface area contributed by atoms with Crippen LogP contribution in [0.15, 0.2) is 24.3 Å². The molecule has 1 atom stereocenters. The summed E-state index contributed by atoms with van der Waals surface area (Å²) in [7, 11) is 0. The van der Waals surface area contributed by atoms with Crippen molar-refractivity contribution in [1.29, 1.82) is 0 Å². The topological polar surface area (TPSA) is 57.6 Å². The number of benzene rings is 1. The normalized spacial score (nSPS) is 17.9. The Morgan fingerprint density at radius 2 is 2.05 bits per heavy atom. The molecule has 0 aromatic heterocycles. The van der Waals surface area contributed by atoms with E-state index < -0.39 is 11.9 Å². The van der Waals surface area contributed by atoms with Crippen molar-refractivity contribution in [3.63, 3.8) is 0 Å². The Morgan fingerprint density at radius 3 is 2.63 bits per heavy atom. The standard InChI is InChI=1S/C13H14ClNO3.ClH/c14-11-4-2-1-3-9(11)7-12(16)15-6-5-10(8-15)13(17)18;/h1-4,10H,5-8H2,(H,17,18);1H. The van der Waals surface area contributed by atoms with Gasteiger partial charge in [-0.3, -0.25) is 9.59 Å². The quantitative estimate of drug-likeness (QED) is 0.931. The first kappa shape index (κ1) is 15.8. The molecule has 1 aromatic rings. The maximum absolute atomic E-state index is 12.0. The SMILES string of the molecule is Cl.O=C(O)C1CCN(C(=O)Cc2ccccc2Cl)C1. The molecule has 0 saturated carbocycles. The summed E-state index contributed by atoms with van der Waals surface area (Å²) in [5.41, 5.74) is 0.781. The molecule has 1 saturated heterocycles. The fraction of sp³-hybridized carbons (Fsp3) is 0.385. The Balaban J connectivity index is 0.00000180. The predicted molar refractivity (Wildman–Crippen MR) is 74.7 cm³/mol. The lowest BCUT2D eigenvalue weighted by Gasteiger charge is -2.16. The lowest BCUT2D eigenvalue weighted by molar-refractivity contribution is -0.141. The number of hydrogen-bond donors (Lipinski definition) is 1. The van der Waals surface area contributed by atoms with Gasteiger partial charge in [0.2, 0.25) is 5.91 Å². The summed E-state index contributed by atoms with van der Waals surface area (Å²) in [6, 6.07) is 7.20. The van der Waals surface area contributed by atoms with Crippen LogP contribution in [0.3, 0.4) is 0 Å². The van der Waals surface area contributed by atoms with Crippen molar-refractivity contribution >= 4 is 35.9 Å². The van der Waals surface area contributed by atoms with Crippen LogP contribution in [0.5, 0.6) is 0 Å². The van der Waals surface area contributed by atoms with E-state index in [1.165, 1.54) is 0 Å². The zero-order chi connectivity index (χ0) is 13.1. The number of carboxylic acids is 1. The average Bonchev–Trinajstić information content (AvgIpc) is 2.81. The van der Waals surface area contributed by atoms with Gasteiger partial charge in [-0.2, -0.15) is 0 Å². The van der Waals surface area contributed by atoms with Gasteiger partial charge in [0.1, 0.15) is 0 Å². The van der Waals surface area contributed by atoms with E-state index in [0.29, 0.717) is 24.5 Å². The first-order valence-electron chi connectivity index (χ1n) is 5.82. The number of aliphatic carboxylic acids is 1. The molecular weight excluding hydrogens is 289 g/mol. The summed E-state index contributed by atoms with van der Waals surface area (Å²) >= 11 is 5.99. The van der Waals surface area contributed by atoms with Crippen molar-refractivity contribution in [1.82, 2.24) is 4.90 Å². The van der Waals surface area contributed by atoms with Gasteiger partial charge in [-0.15, -0.1) is 12.4 Å². The van der Waals surface area contributed by atoms with Crippen molar-refractivity contribution in [3.05, 3.63) is 34.9 Å². The number of rotatable bonds is 3. The molecule has 4 nitrogen and oxygen atoms in total. The van der Waals surface area contributed by atoms with E-state index in [1.807, 2.05) is 18.2 Å². The van der Waals surface area contributed by atoms with Gasteiger partial charge >= 0.3 is 5.97 Å². The highest BCUT2D eigenvalue weighted by Crippen LogP contribution is 2.20. The van der Waals surface area contributed by atoms with Crippen LogP contribution in [0.4, 0.5) is 0 Å². The molecule has 1 N–H and O–H groups in total.